The molecule has 1 aliphatic heterocycles. The van der Waals surface area contributed by atoms with Crippen molar-refractivity contribution in [2.24, 2.45) is 0 Å². The molecule has 0 aliphatic carbocycles. The van der Waals surface area contributed by atoms with Gasteiger partial charge in [0.05, 0.1) is 6.10 Å². The number of aliphatic hydroxyl groups is 1. The van der Waals surface area contributed by atoms with Crippen molar-refractivity contribution >= 4 is 17.9 Å². The molecule has 1 N–H and O–H groups in total. The highest BCUT2D eigenvalue weighted by atomic mass is 16.7. The second kappa shape index (κ2) is 6.67. The zero-order chi connectivity index (χ0) is 15.4. The van der Waals surface area contributed by atoms with Gasteiger partial charge in [-0.1, -0.05) is 0 Å². The van der Waals surface area contributed by atoms with Gasteiger partial charge in [0.25, 0.3) is 0 Å². The Morgan fingerprint density at radius 1 is 0.850 bits per heavy atom. The standard InChI is InChI=1S/C12H18O8/c1-5-9(18-6(2)13)10(19-7(3)14)11(12(16)17-5)20-8(4)15/h5,9-12,16H,1-4H3/t5?,9-,10+,11-,12?/m0/s1. The fraction of sp³-hybridized carbons (Fsp3) is 0.750. The highest BCUT2D eigenvalue weighted by Crippen LogP contribution is 2.27. The number of carbonyl (C=O) groups is 3. The van der Waals surface area contributed by atoms with Crippen LogP contribution >= 0.6 is 0 Å². The van der Waals surface area contributed by atoms with E-state index in [2.05, 4.69) is 0 Å². The van der Waals surface area contributed by atoms with Crippen LogP contribution in [0.1, 0.15) is 27.7 Å². The molecule has 1 heterocycles. The monoisotopic (exact) mass is 290 g/mol. The Labute approximate surface area is 115 Å². The van der Waals surface area contributed by atoms with E-state index >= 15 is 0 Å². The van der Waals surface area contributed by atoms with Crippen LogP contribution in [-0.4, -0.2) is 53.7 Å². The fourth-order valence-corrected chi connectivity index (χ4v) is 1.99. The molecule has 0 aromatic rings. The highest BCUT2D eigenvalue weighted by molar-refractivity contribution is 5.68. The lowest BCUT2D eigenvalue weighted by Crippen LogP contribution is -2.60. The minimum atomic E-state index is -1.48. The predicted octanol–water partition coefficient (Wildman–Crippen LogP) is -0.481. The summed E-state index contributed by atoms with van der Waals surface area (Å²) in [5, 5.41) is 9.79. The summed E-state index contributed by atoms with van der Waals surface area (Å²) in [6.45, 7) is 5.01. The van der Waals surface area contributed by atoms with Crippen LogP contribution in [0.4, 0.5) is 0 Å². The van der Waals surface area contributed by atoms with Crippen LogP contribution in [0.5, 0.6) is 0 Å². The average molecular weight is 290 g/mol. The van der Waals surface area contributed by atoms with E-state index in [9.17, 15) is 19.5 Å². The summed E-state index contributed by atoms with van der Waals surface area (Å²) >= 11 is 0. The summed E-state index contributed by atoms with van der Waals surface area (Å²) in [6, 6.07) is 0. The van der Waals surface area contributed by atoms with Gasteiger partial charge in [0.2, 0.25) is 0 Å². The summed E-state index contributed by atoms with van der Waals surface area (Å²) < 4.78 is 20.1. The Kier molecular flexibility index (Phi) is 5.46. The topological polar surface area (TPSA) is 108 Å². The minimum absolute atomic E-state index is 0.611. The molecule has 0 aromatic heterocycles. The van der Waals surface area contributed by atoms with E-state index in [0.717, 1.165) is 13.8 Å². The summed E-state index contributed by atoms with van der Waals surface area (Å²) in [6.07, 6.45) is -5.60. The molecule has 1 fully saturated rings. The summed E-state index contributed by atoms with van der Waals surface area (Å²) in [5.74, 6) is -1.96. The average Bonchev–Trinajstić information content (AvgIpc) is 2.27. The van der Waals surface area contributed by atoms with Gasteiger partial charge in [-0.25, -0.2) is 0 Å². The first-order valence-electron chi connectivity index (χ1n) is 6.07. The molecule has 1 rings (SSSR count). The van der Waals surface area contributed by atoms with Gasteiger partial charge < -0.3 is 24.1 Å². The smallest absolute Gasteiger partial charge is 0.303 e. The number of carbonyl (C=O) groups excluding carboxylic acids is 3. The van der Waals surface area contributed by atoms with Gasteiger partial charge in [0.15, 0.2) is 24.6 Å². The zero-order valence-electron chi connectivity index (χ0n) is 11.7. The van der Waals surface area contributed by atoms with E-state index in [0.29, 0.717) is 0 Å². The highest BCUT2D eigenvalue weighted by Gasteiger charge is 2.49. The molecule has 0 radical (unpaired) electrons. The molecule has 0 amide bonds. The first kappa shape index (κ1) is 16.4. The summed E-state index contributed by atoms with van der Waals surface area (Å²) in [4.78, 5) is 33.3. The predicted molar refractivity (Wildman–Crippen MR) is 63.2 cm³/mol. The van der Waals surface area contributed by atoms with E-state index in [-0.39, 0.29) is 0 Å². The fourth-order valence-electron chi connectivity index (χ4n) is 1.99. The lowest BCUT2D eigenvalue weighted by molar-refractivity contribution is -0.288. The number of rotatable bonds is 3. The van der Waals surface area contributed by atoms with Gasteiger partial charge in [0, 0.05) is 20.8 Å². The second-order valence-corrected chi connectivity index (χ2v) is 4.45. The molecule has 1 aliphatic rings. The molecule has 0 saturated carbocycles. The third-order valence-corrected chi connectivity index (χ3v) is 2.65. The molecule has 0 bridgehead atoms. The Morgan fingerprint density at radius 3 is 1.70 bits per heavy atom. The maximum Gasteiger partial charge on any atom is 0.303 e. The summed E-state index contributed by atoms with van der Waals surface area (Å²) in [7, 11) is 0. The Morgan fingerprint density at radius 2 is 1.25 bits per heavy atom. The molecule has 0 spiro atoms. The molecule has 114 valence electrons. The van der Waals surface area contributed by atoms with Crippen LogP contribution in [0.2, 0.25) is 0 Å². The molecule has 8 heteroatoms. The van der Waals surface area contributed by atoms with Crippen LogP contribution in [0.3, 0.4) is 0 Å². The number of hydrogen-bond acceptors (Lipinski definition) is 8. The Balaban J connectivity index is 3.01. The molecule has 1 saturated heterocycles. The van der Waals surface area contributed by atoms with Gasteiger partial charge in [0.1, 0.15) is 0 Å². The maximum atomic E-state index is 11.2. The lowest BCUT2D eigenvalue weighted by atomic mass is 9.99. The zero-order valence-corrected chi connectivity index (χ0v) is 11.7. The van der Waals surface area contributed by atoms with Gasteiger partial charge in [-0.05, 0) is 6.92 Å². The Hall–Kier alpha value is -1.67. The molecule has 20 heavy (non-hydrogen) atoms. The van der Waals surface area contributed by atoms with Crippen LogP contribution in [-0.2, 0) is 33.3 Å². The van der Waals surface area contributed by atoms with Crippen LogP contribution in [0.15, 0.2) is 0 Å². The van der Waals surface area contributed by atoms with Gasteiger partial charge in [-0.15, -0.1) is 0 Å². The maximum absolute atomic E-state index is 11.2. The summed E-state index contributed by atoms with van der Waals surface area (Å²) in [5.41, 5.74) is 0. The molecule has 5 atom stereocenters. The van der Waals surface area contributed by atoms with E-state index in [1.54, 1.807) is 0 Å². The third-order valence-electron chi connectivity index (χ3n) is 2.65. The molecule has 0 aromatic carbocycles. The van der Waals surface area contributed by atoms with Crippen LogP contribution in [0.25, 0.3) is 0 Å². The number of hydrogen-bond donors (Lipinski definition) is 1. The second-order valence-electron chi connectivity index (χ2n) is 4.45. The van der Waals surface area contributed by atoms with Crippen LogP contribution < -0.4 is 0 Å². The molecule has 8 nitrogen and oxygen atoms in total. The lowest BCUT2D eigenvalue weighted by Gasteiger charge is -2.41. The first-order chi connectivity index (χ1) is 9.22. The van der Waals surface area contributed by atoms with E-state index in [1.165, 1.54) is 13.8 Å². The number of aliphatic hydroxyl groups excluding tert-OH is 1. The Bertz CT molecular complexity index is 365. The molecular formula is C12H18O8. The first-order valence-corrected chi connectivity index (χ1v) is 6.07. The van der Waals surface area contributed by atoms with Gasteiger partial charge in [-0.2, -0.15) is 0 Å². The van der Waals surface area contributed by atoms with E-state index in [4.69, 9.17) is 18.9 Å². The normalized spacial score (nSPS) is 33.1. The van der Waals surface area contributed by atoms with Crippen molar-refractivity contribution < 1.29 is 38.4 Å². The third kappa shape index (κ3) is 4.17. The minimum Gasteiger partial charge on any atom is -0.456 e. The van der Waals surface area contributed by atoms with Crippen molar-refractivity contribution in [3.05, 3.63) is 0 Å². The van der Waals surface area contributed by atoms with Gasteiger partial charge in [-0.3, -0.25) is 14.4 Å². The number of esters is 3. The van der Waals surface area contributed by atoms with Crippen molar-refractivity contribution in [1.29, 1.82) is 0 Å². The van der Waals surface area contributed by atoms with E-state index < -0.39 is 48.6 Å². The van der Waals surface area contributed by atoms with Gasteiger partial charge >= 0.3 is 17.9 Å². The van der Waals surface area contributed by atoms with Crippen molar-refractivity contribution in [1.82, 2.24) is 0 Å². The van der Waals surface area contributed by atoms with Crippen molar-refractivity contribution in [2.45, 2.75) is 58.4 Å². The SMILES string of the molecule is CC(=O)O[C@H]1[C@H](OC(C)=O)C(O)OC(C)[C@@H]1OC(C)=O. The number of ether oxygens (including phenoxy) is 4. The van der Waals surface area contributed by atoms with Crippen molar-refractivity contribution in [3.8, 4) is 0 Å². The van der Waals surface area contributed by atoms with E-state index in [1.807, 2.05) is 0 Å². The van der Waals surface area contributed by atoms with Crippen molar-refractivity contribution in [2.75, 3.05) is 0 Å². The van der Waals surface area contributed by atoms with Crippen LogP contribution in [0, 0.1) is 0 Å². The molecular weight excluding hydrogens is 272 g/mol. The molecule has 2 unspecified atom stereocenters. The largest absolute Gasteiger partial charge is 0.456 e. The van der Waals surface area contributed by atoms with Crippen molar-refractivity contribution in [3.63, 3.8) is 0 Å². The quantitative estimate of drug-likeness (QED) is 0.548.